The number of rotatable bonds is 4. The van der Waals surface area contributed by atoms with E-state index in [0.29, 0.717) is 0 Å². The van der Waals surface area contributed by atoms with Gasteiger partial charge in [-0.25, -0.2) is 0 Å². The summed E-state index contributed by atoms with van der Waals surface area (Å²) in [5, 5.41) is 0. The fraction of sp³-hybridized carbons (Fsp3) is 1.00. The number of hydrogen-bond acceptors (Lipinski definition) is 2. The lowest BCUT2D eigenvalue weighted by Gasteiger charge is -2.43. The highest BCUT2D eigenvalue weighted by atomic mass is 15.1. The molecule has 0 spiro atoms. The molecule has 2 saturated carbocycles. The first-order valence-corrected chi connectivity index (χ1v) is 6.71. The van der Waals surface area contributed by atoms with Gasteiger partial charge in [-0.1, -0.05) is 19.3 Å². The van der Waals surface area contributed by atoms with Gasteiger partial charge >= 0.3 is 0 Å². The number of nitrogens with two attached hydrogens (primary N) is 1. The van der Waals surface area contributed by atoms with Crippen molar-refractivity contribution in [3.8, 4) is 0 Å². The van der Waals surface area contributed by atoms with Crippen molar-refractivity contribution in [3.05, 3.63) is 0 Å². The third-order valence-electron chi connectivity index (χ3n) is 4.52. The van der Waals surface area contributed by atoms with E-state index in [9.17, 15) is 0 Å². The van der Waals surface area contributed by atoms with Gasteiger partial charge in [0.25, 0.3) is 0 Å². The molecule has 0 aromatic rings. The van der Waals surface area contributed by atoms with E-state index in [4.69, 9.17) is 5.73 Å². The maximum Gasteiger partial charge on any atom is 0.0133 e. The SMILES string of the molecule is CN(CC1CCCCC1)C1CCC1CN. The standard InChI is InChI=1S/C13H26N2/c1-15(13-8-7-12(13)9-14)10-11-5-3-2-4-6-11/h11-13H,2-10,14H2,1H3. The molecule has 2 aliphatic rings. The normalized spacial score (nSPS) is 33.0. The summed E-state index contributed by atoms with van der Waals surface area (Å²) in [6.45, 7) is 2.21. The Balaban J connectivity index is 1.73. The van der Waals surface area contributed by atoms with E-state index in [1.807, 2.05) is 0 Å². The van der Waals surface area contributed by atoms with E-state index >= 15 is 0 Å². The molecule has 0 amide bonds. The first-order chi connectivity index (χ1) is 7.31. The third-order valence-corrected chi connectivity index (χ3v) is 4.52. The van der Waals surface area contributed by atoms with Crippen LogP contribution in [0.5, 0.6) is 0 Å². The van der Waals surface area contributed by atoms with Crippen LogP contribution in [0.3, 0.4) is 0 Å². The van der Waals surface area contributed by atoms with Crippen LogP contribution >= 0.6 is 0 Å². The molecular weight excluding hydrogens is 184 g/mol. The molecule has 2 rings (SSSR count). The van der Waals surface area contributed by atoms with Gasteiger partial charge in [-0.15, -0.1) is 0 Å². The van der Waals surface area contributed by atoms with Crippen LogP contribution in [0, 0.1) is 11.8 Å². The molecule has 0 aromatic heterocycles. The summed E-state index contributed by atoms with van der Waals surface area (Å²) in [5.41, 5.74) is 5.77. The molecule has 0 heterocycles. The number of nitrogens with zero attached hydrogens (tertiary/aromatic N) is 1. The minimum absolute atomic E-state index is 0.790. The van der Waals surface area contributed by atoms with Crippen LogP contribution in [-0.4, -0.2) is 31.1 Å². The minimum Gasteiger partial charge on any atom is -0.330 e. The zero-order valence-electron chi connectivity index (χ0n) is 10.1. The molecule has 15 heavy (non-hydrogen) atoms. The Hall–Kier alpha value is -0.0800. The largest absolute Gasteiger partial charge is 0.330 e. The smallest absolute Gasteiger partial charge is 0.0133 e. The molecule has 0 aromatic carbocycles. The van der Waals surface area contributed by atoms with E-state index in [0.717, 1.165) is 24.4 Å². The van der Waals surface area contributed by atoms with Gasteiger partial charge in [-0.05, 0) is 51.1 Å². The topological polar surface area (TPSA) is 29.3 Å². The lowest BCUT2D eigenvalue weighted by Crippen LogP contribution is -2.49. The molecule has 2 N–H and O–H groups in total. The molecule has 2 aliphatic carbocycles. The van der Waals surface area contributed by atoms with Gasteiger partial charge < -0.3 is 10.6 Å². The van der Waals surface area contributed by atoms with Crippen molar-refractivity contribution >= 4 is 0 Å². The first-order valence-electron chi connectivity index (χ1n) is 6.71. The van der Waals surface area contributed by atoms with Gasteiger partial charge in [0.1, 0.15) is 0 Å². The van der Waals surface area contributed by atoms with Gasteiger partial charge in [0, 0.05) is 12.6 Å². The van der Waals surface area contributed by atoms with Crippen molar-refractivity contribution in [2.45, 2.75) is 51.0 Å². The fourth-order valence-corrected chi connectivity index (χ4v) is 3.32. The van der Waals surface area contributed by atoms with Gasteiger partial charge in [-0.2, -0.15) is 0 Å². The Bertz CT molecular complexity index is 185. The lowest BCUT2D eigenvalue weighted by atomic mass is 9.78. The molecule has 0 radical (unpaired) electrons. The molecular formula is C13H26N2. The van der Waals surface area contributed by atoms with Crippen LogP contribution in [0.1, 0.15) is 44.9 Å². The van der Waals surface area contributed by atoms with Crippen molar-refractivity contribution in [1.29, 1.82) is 0 Å². The summed E-state index contributed by atoms with van der Waals surface area (Å²) >= 11 is 0. The van der Waals surface area contributed by atoms with E-state index in [1.165, 1.54) is 51.5 Å². The van der Waals surface area contributed by atoms with Gasteiger partial charge in [0.15, 0.2) is 0 Å². The zero-order valence-corrected chi connectivity index (χ0v) is 10.1. The van der Waals surface area contributed by atoms with E-state index in [1.54, 1.807) is 0 Å². The fourth-order valence-electron chi connectivity index (χ4n) is 3.32. The van der Waals surface area contributed by atoms with E-state index in [-0.39, 0.29) is 0 Å². The summed E-state index contributed by atoms with van der Waals surface area (Å²) in [5.74, 6) is 1.77. The first kappa shape index (κ1) is 11.4. The highest BCUT2D eigenvalue weighted by molar-refractivity contribution is 4.88. The van der Waals surface area contributed by atoms with Crippen molar-refractivity contribution in [2.24, 2.45) is 17.6 Å². The average molecular weight is 210 g/mol. The van der Waals surface area contributed by atoms with Crippen LogP contribution in [0.25, 0.3) is 0 Å². The Morgan fingerprint density at radius 2 is 1.80 bits per heavy atom. The summed E-state index contributed by atoms with van der Waals surface area (Å²) in [4.78, 5) is 2.59. The van der Waals surface area contributed by atoms with Crippen molar-refractivity contribution in [3.63, 3.8) is 0 Å². The maximum atomic E-state index is 5.77. The molecule has 0 aliphatic heterocycles. The molecule has 2 atom stereocenters. The highest BCUT2D eigenvalue weighted by Crippen LogP contribution is 2.32. The summed E-state index contributed by atoms with van der Waals surface area (Å²) in [6.07, 6.45) is 10.1. The van der Waals surface area contributed by atoms with Gasteiger partial charge in [-0.3, -0.25) is 0 Å². The molecule has 88 valence electrons. The summed E-state index contributed by atoms with van der Waals surface area (Å²) < 4.78 is 0. The molecule has 0 saturated heterocycles. The van der Waals surface area contributed by atoms with Gasteiger partial charge in [0.05, 0.1) is 0 Å². The average Bonchev–Trinajstić information content (AvgIpc) is 2.18. The lowest BCUT2D eigenvalue weighted by molar-refractivity contribution is 0.0699. The second-order valence-corrected chi connectivity index (χ2v) is 5.58. The Labute approximate surface area is 94.2 Å². The Morgan fingerprint density at radius 1 is 1.07 bits per heavy atom. The highest BCUT2D eigenvalue weighted by Gasteiger charge is 2.33. The molecule has 2 nitrogen and oxygen atoms in total. The van der Waals surface area contributed by atoms with Crippen LogP contribution in [-0.2, 0) is 0 Å². The van der Waals surface area contributed by atoms with Crippen molar-refractivity contribution in [2.75, 3.05) is 20.1 Å². The third kappa shape index (κ3) is 2.73. The second-order valence-electron chi connectivity index (χ2n) is 5.58. The Morgan fingerprint density at radius 3 is 2.33 bits per heavy atom. The Kier molecular flexibility index (Phi) is 4.04. The molecule has 2 heteroatoms. The monoisotopic (exact) mass is 210 g/mol. The quantitative estimate of drug-likeness (QED) is 0.771. The van der Waals surface area contributed by atoms with Crippen LogP contribution in [0.2, 0.25) is 0 Å². The van der Waals surface area contributed by atoms with E-state index in [2.05, 4.69) is 11.9 Å². The minimum atomic E-state index is 0.790. The number of hydrogen-bond donors (Lipinski definition) is 1. The summed E-state index contributed by atoms with van der Waals surface area (Å²) in [6, 6.07) is 0.803. The van der Waals surface area contributed by atoms with Crippen LogP contribution in [0.4, 0.5) is 0 Å². The predicted octanol–water partition coefficient (Wildman–Crippen LogP) is 2.24. The second kappa shape index (κ2) is 5.31. The molecule has 2 unspecified atom stereocenters. The maximum absolute atomic E-state index is 5.77. The molecule has 0 bridgehead atoms. The van der Waals surface area contributed by atoms with E-state index < -0.39 is 0 Å². The predicted molar refractivity (Wildman–Crippen MR) is 64.8 cm³/mol. The zero-order chi connectivity index (χ0) is 10.7. The molecule has 2 fully saturated rings. The van der Waals surface area contributed by atoms with Crippen LogP contribution in [0.15, 0.2) is 0 Å². The van der Waals surface area contributed by atoms with Crippen molar-refractivity contribution in [1.82, 2.24) is 4.90 Å². The van der Waals surface area contributed by atoms with Crippen LogP contribution < -0.4 is 5.73 Å². The van der Waals surface area contributed by atoms with Crippen molar-refractivity contribution < 1.29 is 0 Å². The summed E-state index contributed by atoms with van der Waals surface area (Å²) in [7, 11) is 2.31. The van der Waals surface area contributed by atoms with Gasteiger partial charge in [0.2, 0.25) is 0 Å².